The number of carbonyl (C=O) groups excluding carboxylic acids is 2. The van der Waals surface area contributed by atoms with Crippen LogP contribution in [0.1, 0.15) is 70.3 Å². The number of rotatable bonds is 10. The lowest BCUT2D eigenvalue weighted by Gasteiger charge is -2.14. The topological polar surface area (TPSA) is 132 Å². The number of benzene rings is 1. The van der Waals surface area contributed by atoms with Gasteiger partial charge in [-0.15, -0.1) is 0 Å². The van der Waals surface area contributed by atoms with Crippen molar-refractivity contribution < 1.29 is 24.2 Å². The number of fused-ring (bicyclic) bond motifs is 4. The molecule has 0 spiro atoms. The van der Waals surface area contributed by atoms with Crippen LogP contribution in [0.2, 0.25) is 0 Å². The summed E-state index contributed by atoms with van der Waals surface area (Å²) in [5, 5.41) is 14.7. The second kappa shape index (κ2) is 15.5. The van der Waals surface area contributed by atoms with Crippen LogP contribution in [0.5, 0.6) is 5.75 Å². The van der Waals surface area contributed by atoms with E-state index in [1.165, 1.54) is 13.3 Å². The summed E-state index contributed by atoms with van der Waals surface area (Å²) in [6.07, 6.45) is 1.33. The van der Waals surface area contributed by atoms with Crippen LogP contribution in [-0.2, 0) is 27.5 Å². The van der Waals surface area contributed by atoms with E-state index < -0.39 is 6.10 Å². The predicted octanol–water partition coefficient (Wildman–Crippen LogP) is 4.14. The van der Waals surface area contributed by atoms with Crippen molar-refractivity contribution in [3.8, 4) is 17.1 Å². The van der Waals surface area contributed by atoms with Crippen molar-refractivity contribution in [2.24, 2.45) is 5.10 Å². The van der Waals surface area contributed by atoms with Crippen LogP contribution in [0.25, 0.3) is 22.3 Å². The maximum atomic E-state index is 13.1. The first-order valence-corrected chi connectivity index (χ1v) is 13.2. The molecule has 10 nitrogen and oxygen atoms in total. The van der Waals surface area contributed by atoms with Gasteiger partial charge in [0.1, 0.15) is 11.9 Å². The lowest BCUT2D eigenvalue weighted by Crippen LogP contribution is -2.26. The van der Waals surface area contributed by atoms with Gasteiger partial charge in [-0.3, -0.25) is 9.59 Å². The zero-order valence-corrected chi connectivity index (χ0v) is 23.5. The summed E-state index contributed by atoms with van der Waals surface area (Å²) in [6.45, 7) is 10.4. The van der Waals surface area contributed by atoms with Crippen LogP contribution in [0, 0.1) is 0 Å². The summed E-state index contributed by atoms with van der Waals surface area (Å²) in [4.78, 5) is 40.7. The number of nitrogens with one attached hydrogen (secondary N) is 1. The third-order valence-corrected chi connectivity index (χ3v) is 5.74. The molecule has 0 aliphatic carbocycles. The molecule has 1 atom stereocenters. The Morgan fingerprint density at radius 2 is 1.97 bits per heavy atom. The fourth-order valence-electron chi connectivity index (χ4n) is 4.10. The highest BCUT2D eigenvalue weighted by molar-refractivity contribution is 5.85. The third kappa shape index (κ3) is 7.36. The average Bonchev–Trinajstić information content (AvgIpc) is 3.33. The van der Waals surface area contributed by atoms with Gasteiger partial charge in [0, 0.05) is 41.8 Å². The number of carbonyl (C=O) groups is 2. The van der Waals surface area contributed by atoms with E-state index in [1.54, 1.807) is 23.6 Å². The number of hydrogen-bond donors (Lipinski definition) is 2. The molecule has 2 aromatic heterocycles. The number of aliphatic hydroxyl groups is 1. The number of nitrogens with zero attached hydrogens (tertiary/aromatic N) is 3. The second-order valence-corrected chi connectivity index (χ2v) is 8.09. The molecule has 1 aromatic carbocycles. The van der Waals surface area contributed by atoms with Crippen molar-refractivity contribution in [3.63, 3.8) is 0 Å². The van der Waals surface area contributed by atoms with Crippen molar-refractivity contribution >= 4 is 29.3 Å². The lowest BCUT2D eigenvalue weighted by atomic mass is 10.0. The van der Waals surface area contributed by atoms with Crippen LogP contribution < -0.4 is 15.7 Å². The quantitative estimate of drug-likeness (QED) is 0.134. The number of hydrogen-bond acceptors (Lipinski definition) is 8. The molecule has 2 N–H and O–H groups in total. The third-order valence-electron chi connectivity index (χ3n) is 5.74. The highest BCUT2D eigenvalue weighted by Crippen LogP contribution is 2.34. The van der Waals surface area contributed by atoms with Gasteiger partial charge in [0.05, 0.1) is 36.7 Å². The Morgan fingerprint density at radius 3 is 2.64 bits per heavy atom. The Kier molecular flexibility index (Phi) is 12.5. The maximum absolute atomic E-state index is 13.1. The molecule has 4 rings (SSSR count). The molecule has 0 fully saturated rings. The molecule has 3 heterocycles. The number of hydrazone groups is 1. The molecule has 1 aliphatic rings. The van der Waals surface area contributed by atoms with Crippen LogP contribution >= 0.6 is 0 Å². The highest BCUT2D eigenvalue weighted by atomic mass is 16.5. The fourth-order valence-corrected chi connectivity index (χ4v) is 4.10. The average molecular weight is 539 g/mol. The molecule has 3 aromatic rings. The summed E-state index contributed by atoms with van der Waals surface area (Å²) < 4.78 is 12.5. The molecule has 1 amide bonds. The molecule has 1 unspecified atom stereocenters. The fraction of sp³-hybridized carbons (Fsp3) is 0.414. The Labute approximate surface area is 228 Å². The molecular formula is C29H38N4O6. The van der Waals surface area contributed by atoms with Gasteiger partial charge in [0.25, 0.3) is 5.56 Å². The van der Waals surface area contributed by atoms with E-state index in [4.69, 9.17) is 14.5 Å². The summed E-state index contributed by atoms with van der Waals surface area (Å²) in [7, 11) is 1.45. The van der Waals surface area contributed by atoms with Crippen molar-refractivity contribution in [1.29, 1.82) is 0 Å². The first-order valence-electron chi connectivity index (χ1n) is 13.2. The van der Waals surface area contributed by atoms with Crippen LogP contribution in [0.4, 0.5) is 0 Å². The minimum absolute atomic E-state index is 0.0146. The summed E-state index contributed by atoms with van der Waals surface area (Å²) in [5.41, 5.74) is 5.32. The number of methoxy groups -OCH3 is 1. The van der Waals surface area contributed by atoms with E-state index >= 15 is 0 Å². The molecule has 0 saturated carbocycles. The zero-order valence-electron chi connectivity index (χ0n) is 23.5. The van der Waals surface area contributed by atoms with Gasteiger partial charge in [0.2, 0.25) is 5.91 Å². The Balaban J connectivity index is 0.00000127. The number of amides is 1. The number of aldehydes is 1. The number of aliphatic hydroxyl groups excluding tert-OH is 1. The molecule has 0 radical (unpaired) electrons. The Bertz CT molecular complexity index is 1370. The lowest BCUT2D eigenvalue weighted by molar-refractivity contribution is -0.121. The minimum Gasteiger partial charge on any atom is -0.494 e. The first-order chi connectivity index (χ1) is 19.0. The van der Waals surface area contributed by atoms with Gasteiger partial charge in [-0.05, 0) is 43.7 Å². The monoisotopic (exact) mass is 538 g/mol. The predicted molar refractivity (Wildman–Crippen MR) is 152 cm³/mol. The van der Waals surface area contributed by atoms with E-state index in [1.807, 2.05) is 45.9 Å². The highest BCUT2D eigenvalue weighted by Gasteiger charge is 2.27. The summed E-state index contributed by atoms with van der Waals surface area (Å²) in [6, 6.07) is 9.09. The van der Waals surface area contributed by atoms with E-state index in [0.29, 0.717) is 54.9 Å². The van der Waals surface area contributed by atoms with Gasteiger partial charge in [-0.2, -0.15) is 5.10 Å². The molecule has 0 bridgehead atoms. The number of aromatic nitrogens is 2. The molecule has 39 heavy (non-hydrogen) atoms. The molecule has 1 aliphatic heterocycles. The standard InChI is InChI=1S/C25H26N4O6.2C2H6/c1-3-26-28-23(32)5-4-8-35-17-6-7-20-15(10-17)9-16-12-29-21(24(16)27-20)11-18(22(31)13-30)19(14-34-2)25(29)33;2*1-2/h3,6-7,9-11,13,22,31H,4-5,8,12,14H2,1-2H3,(H,28,32);2*1-2H3/b26-3+;;. The van der Waals surface area contributed by atoms with E-state index in [-0.39, 0.29) is 29.2 Å². The van der Waals surface area contributed by atoms with Gasteiger partial charge in [0.15, 0.2) is 6.29 Å². The number of ether oxygens (including phenoxy) is 2. The molecule has 210 valence electrons. The van der Waals surface area contributed by atoms with Gasteiger partial charge < -0.3 is 23.9 Å². The van der Waals surface area contributed by atoms with Crippen molar-refractivity contribution in [3.05, 3.63) is 57.4 Å². The molecule has 0 saturated heterocycles. The SMILES string of the molecule is C/C=N/NC(=O)CCCOc1ccc2nc3c(cc2c1)Cn1c-3cc(C(O)C=O)c(COC)c1=O.CC.CC. The molecule has 10 heteroatoms. The smallest absolute Gasteiger partial charge is 0.257 e. The zero-order chi connectivity index (χ0) is 28.9. The largest absolute Gasteiger partial charge is 0.494 e. The number of pyridine rings is 2. The molecular weight excluding hydrogens is 500 g/mol. The van der Waals surface area contributed by atoms with Gasteiger partial charge in [-0.1, -0.05) is 27.7 Å². The van der Waals surface area contributed by atoms with Crippen LogP contribution in [0.15, 0.2) is 40.2 Å². The van der Waals surface area contributed by atoms with Gasteiger partial charge >= 0.3 is 0 Å². The van der Waals surface area contributed by atoms with Crippen LogP contribution in [0.3, 0.4) is 0 Å². The van der Waals surface area contributed by atoms with E-state index in [0.717, 1.165) is 10.9 Å². The first kappa shape index (κ1) is 31.3. The Hall–Kier alpha value is -3.89. The van der Waals surface area contributed by atoms with Crippen molar-refractivity contribution in [2.45, 2.75) is 66.7 Å². The van der Waals surface area contributed by atoms with E-state index in [2.05, 4.69) is 10.5 Å². The Morgan fingerprint density at radius 1 is 1.23 bits per heavy atom. The second-order valence-electron chi connectivity index (χ2n) is 8.09. The van der Waals surface area contributed by atoms with E-state index in [9.17, 15) is 19.5 Å². The normalized spacial score (nSPS) is 12.0. The minimum atomic E-state index is -1.42. The van der Waals surface area contributed by atoms with Crippen LogP contribution in [-0.4, -0.2) is 46.8 Å². The maximum Gasteiger partial charge on any atom is 0.257 e. The van der Waals surface area contributed by atoms with Gasteiger partial charge in [-0.25, -0.2) is 10.4 Å². The summed E-state index contributed by atoms with van der Waals surface area (Å²) in [5.74, 6) is 0.481. The summed E-state index contributed by atoms with van der Waals surface area (Å²) >= 11 is 0. The van der Waals surface area contributed by atoms with Crippen molar-refractivity contribution in [2.75, 3.05) is 13.7 Å². The van der Waals surface area contributed by atoms with Crippen molar-refractivity contribution in [1.82, 2.24) is 15.0 Å².